The van der Waals surface area contributed by atoms with Gasteiger partial charge in [-0.1, -0.05) is 48.0 Å². The second-order valence-corrected chi connectivity index (χ2v) is 8.34. The van der Waals surface area contributed by atoms with Gasteiger partial charge in [0.1, 0.15) is 0 Å². The molecule has 0 N–H and O–H groups in total. The van der Waals surface area contributed by atoms with Crippen molar-refractivity contribution in [2.45, 2.75) is 17.5 Å². The zero-order chi connectivity index (χ0) is 17.4. The molecule has 1 aliphatic rings. The van der Waals surface area contributed by atoms with Crippen LogP contribution in [0.5, 0.6) is 0 Å². The summed E-state index contributed by atoms with van der Waals surface area (Å²) in [6.07, 6.45) is 1.99. The summed E-state index contributed by atoms with van der Waals surface area (Å²) in [4.78, 5) is 0.223. The highest BCUT2D eigenvalue weighted by Crippen LogP contribution is 2.36. The van der Waals surface area contributed by atoms with Crippen molar-refractivity contribution in [2.24, 2.45) is 0 Å². The van der Waals surface area contributed by atoms with Crippen molar-refractivity contribution >= 4 is 21.6 Å². The van der Waals surface area contributed by atoms with Gasteiger partial charge >= 0.3 is 0 Å². The Balaban J connectivity index is 1.86. The molecule has 0 radical (unpaired) electrons. The van der Waals surface area contributed by atoms with Crippen LogP contribution in [0.25, 0.3) is 0 Å². The van der Waals surface area contributed by atoms with Crippen LogP contribution in [0.15, 0.2) is 77.8 Å². The van der Waals surface area contributed by atoms with E-state index in [2.05, 4.69) is 4.57 Å². The van der Waals surface area contributed by atoms with Crippen molar-refractivity contribution < 1.29 is 8.42 Å². The minimum atomic E-state index is -3.67. The van der Waals surface area contributed by atoms with E-state index in [4.69, 9.17) is 11.6 Å². The summed E-state index contributed by atoms with van der Waals surface area (Å²) in [5.74, 6) is 0. The number of hydrogen-bond acceptors (Lipinski definition) is 2. The van der Waals surface area contributed by atoms with Crippen molar-refractivity contribution in [2.75, 3.05) is 6.54 Å². The summed E-state index contributed by atoms with van der Waals surface area (Å²) in [6.45, 7) is 1.04. The highest BCUT2D eigenvalue weighted by molar-refractivity contribution is 7.89. The maximum atomic E-state index is 13.3. The van der Waals surface area contributed by atoms with Gasteiger partial charge in [-0.3, -0.25) is 0 Å². The van der Waals surface area contributed by atoms with Crippen LogP contribution in [0.2, 0.25) is 5.02 Å². The van der Waals surface area contributed by atoms with Gasteiger partial charge in [0, 0.05) is 30.0 Å². The van der Waals surface area contributed by atoms with Gasteiger partial charge in [0.25, 0.3) is 0 Å². The van der Waals surface area contributed by atoms with E-state index in [1.54, 1.807) is 22.5 Å². The zero-order valence-corrected chi connectivity index (χ0v) is 15.0. The Bertz CT molecular complexity index is 999. The van der Waals surface area contributed by atoms with Crippen molar-refractivity contribution in [3.63, 3.8) is 0 Å². The van der Waals surface area contributed by atoms with E-state index in [0.717, 1.165) is 11.3 Å². The molecule has 1 aliphatic heterocycles. The van der Waals surface area contributed by atoms with Crippen LogP contribution in [0.3, 0.4) is 0 Å². The predicted octanol–water partition coefficient (Wildman–Crippen LogP) is 3.94. The van der Waals surface area contributed by atoms with E-state index in [1.165, 1.54) is 6.07 Å². The largest absolute Gasteiger partial charge is 0.348 e. The Kier molecular flexibility index (Phi) is 4.15. The monoisotopic (exact) mass is 372 g/mol. The molecule has 0 amide bonds. The zero-order valence-electron chi connectivity index (χ0n) is 13.4. The molecule has 0 bridgehead atoms. The number of halogens is 1. The fourth-order valence-corrected chi connectivity index (χ4v) is 5.24. The van der Waals surface area contributed by atoms with Gasteiger partial charge in [-0.25, -0.2) is 8.42 Å². The third kappa shape index (κ3) is 2.88. The third-order valence-corrected chi connectivity index (χ3v) is 6.61. The van der Waals surface area contributed by atoms with Gasteiger partial charge in [0.05, 0.1) is 10.9 Å². The Labute approximate surface area is 152 Å². The first-order chi connectivity index (χ1) is 12.1. The first-order valence-electron chi connectivity index (χ1n) is 8.05. The molecule has 0 saturated carbocycles. The predicted molar refractivity (Wildman–Crippen MR) is 98.1 cm³/mol. The van der Waals surface area contributed by atoms with Crippen LogP contribution >= 0.6 is 11.6 Å². The molecule has 4 nitrogen and oxygen atoms in total. The van der Waals surface area contributed by atoms with E-state index in [9.17, 15) is 8.42 Å². The van der Waals surface area contributed by atoms with E-state index in [0.29, 0.717) is 18.1 Å². The molecule has 1 atom stereocenters. The summed E-state index contributed by atoms with van der Waals surface area (Å²) >= 11 is 6.02. The molecule has 3 aromatic rings. The van der Waals surface area contributed by atoms with E-state index in [1.807, 2.05) is 48.7 Å². The van der Waals surface area contributed by atoms with Crippen LogP contribution in [0, 0.1) is 0 Å². The SMILES string of the molecule is O=S(=O)(c1cccc(Cl)c1)N1CCn2cccc2C1c1ccccc1. The lowest BCUT2D eigenvalue weighted by molar-refractivity contribution is 0.298. The number of sulfonamides is 1. The molecular formula is C19H17ClN2O2S. The van der Waals surface area contributed by atoms with Gasteiger partial charge in [-0.05, 0) is 35.9 Å². The maximum Gasteiger partial charge on any atom is 0.244 e. The molecule has 1 unspecified atom stereocenters. The summed E-state index contributed by atoms with van der Waals surface area (Å²) in [7, 11) is -3.67. The molecule has 25 heavy (non-hydrogen) atoms. The lowest BCUT2D eigenvalue weighted by atomic mass is 10.0. The molecule has 2 aromatic carbocycles. The maximum absolute atomic E-state index is 13.3. The average Bonchev–Trinajstić information content (AvgIpc) is 3.10. The molecule has 0 aliphatic carbocycles. The van der Waals surface area contributed by atoms with Crippen LogP contribution in [-0.2, 0) is 16.6 Å². The molecule has 128 valence electrons. The van der Waals surface area contributed by atoms with E-state index < -0.39 is 10.0 Å². The number of benzene rings is 2. The first kappa shape index (κ1) is 16.4. The Morgan fingerprint density at radius 1 is 0.920 bits per heavy atom. The fourth-order valence-electron chi connectivity index (χ4n) is 3.36. The molecular weight excluding hydrogens is 356 g/mol. The molecule has 0 fully saturated rings. The lowest BCUT2D eigenvalue weighted by Gasteiger charge is -2.36. The molecule has 1 aromatic heterocycles. The smallest absolute Gasteiger partial charge is 0.244 e. The minimum Gasteiger partial charge on any atom is -0.348 e. The van der Waals surface area contributed by atoms with Gasteiger partial charge in [-0.2, -0.15) is 4.31 Å². The van der Waals surface area contributed by atoms with E-state index >= 15 is 0 Å². The number of hydrogen-bond donors (Lipinski definition) is 0. The number of nitrogens with zero attached hydrogens (tertiary/aromatic N) is 2. The van der Waals surface area contributed by atoms with Crippen LogP contribution in [0.4, 0.5) is 0 Å². The summed E-state index contributed by atoms with van der Waals surface area (Å²) < 4.78 is 30.3. The number of rotatable bonds is 3. The summed E-state index contributed by atoms with van der Waals surface area (Å²) in [5, 5.41) is 0.415. The van der Waals surface area contributed by atoms with E-state index in [-0.39, 0.29) is 10.9 Å². The second-order valence-electron chi connectivity index (χ2n) is 6.01. The van der Waals surface area contributed by atoms with Crippen LogP contribution < -0.4 is 0 Å². The van der Waals surface area contributed by atoms with Crippen LogP contribution in [-0.4, -0.2) is 23.8 Å². The van der Waals surface area contributed by atoms with Crippen molar-refractivity contribution in [3.8, 4) is 0 Å². The highest BCUT2D eigenvalue weighted by atomic mass is 35.5. The Morgan fingerprint density at radius 3 is 2.48 bits per heavy atom. The second kappa shape index (κ2) is 6.33. The molecule has 2 heterocycles. The van der Waals surface area contributed by atoms with Crippen molar-refractivity contribution in [3.05, 3.63) is 89.2 Å². The van der Waals surface area contributed by atoms with Gasteiger partial charge in [-0.15, -0.1) is 0 Å². The quantitative estimate of drug-likeness (QED) is 0.699. The molecule has 0 saturated heterocycles. The Morgan fingerprint density at radius 2 is 1.72 bits per heavy atom. The average molecular weight is 373 g/mol. The van der Waals surface area contributed by atoms with Crippen molar-refractivity contribution in [1.82, 2.24) is 8.87 Å². The highest BCUT2D eigenvalue weighted by Gasteiger charge is 2.37. The summed E-state index contributed by atoms with van der Waals surface area (Å²) in [6, 6.07) is 19.8. The first-order valence-corrected chi connectivity index (χ1v) is 9.86. The standard InChI is InChI=1S/C19H17ClN2O2S/c20-16-8-4-9-17(14-16)25(23,24)22-13-12-21-11-5-10-18(21)19(22)15-6-2-1-3-7-15/h1-11,14,19H,12-13H2. The third-order valence-electron chi connectivity index (χ3n) is 4.51. The van der Waals surface area contributed by atoms with Crippen molar-refractivity contribution in [1.29, 1.82) is 0 Å². The Hall–Kier alpha value is -2.08. The minimum absolute atomic E-state index is 0.223. The normalized spacial score (nSPS) is 18.0. The molecule has 4 rings (SSSR count). The molecule has 0 spiro atoms. The number of aromatic nitrogens is 1. The summed E-state index contributed by atoms with van der Waals surface area (Å²) in [5.41, 5.74) is 1.93. The fraction of sp³-hybridized carbons (Fsp3) is 0.158. The molecule has 6 heteroatoms. The van der Waals surface area contributed by atoms with Gasteiger partial charge < -0.3 is 4.57 Å². The van der Waals surface area contributed by atoms with Gasteiger partial charge in [0.15, 0.2) is 0 Å². The lowest BCUT2D eigenvalue weighted by Crippen LogP contribution is -2.42. The van der Waals surface area contributed by atoms with Crippen LogP contribution in [0.1, 0.15) is 17.3 Å². The topological polar surface area (TPSA) is 42.3 Å². The van der Waals surface area contributed by atoms with Gasteiger partial charge in [0.2, 0.25) is 10.0 Å². The number of fused-ring (bicyclic) bond motifs is 1.